The van der Waals surface area contributed by atoms with Crippen molar-refractivity contribution in [2.75, 3.05) is 6.54 Å². The van der Waals surface area contributed by atoms with Gasteiger partial charge >= 0.3 is 0 Å². The van der Waals surface area contributed by atoms with Gasteiger partial charge in [0.2, 0.25) is 0 Å². The highest BCUT2D eigenvalue weighted by Crippen LogP contribution is 1.95. The van der Waals surface area contributed by atoms with Gasteiger partial charge in [-0.15, -0.1) is 0 Å². The molecule has 0 aromatic heterocycles. The molecule has 0 amide bonds. The molecule has 1 nitrogen and oxygen atoms in total. The van der Waals surface area contributed by atoms with Crippen molar-refractivity contribution < 1.29 is 0 Å². The lowest BCUT2D eigenvalue weighted by Crippen LogP contribution is -2.35. The molecular weight excluding hydrogens is 146 g/mol. The van der Waals surface area contributed by atoms with Crippen molar-refractivity contribution in [2.45, 2.75) is 67.3 Å². The van der Waals surface area contributed by atoms with Gasteiger partial charge in [-0.05, 0) is 27.3 Å². The first kappa shape index (κ1) is 17.9. The molecule has 0 fully saturated rings. The van der Waals surface area contributed by atoms with Gasteiger partial charge in [-0.1, -0.05) is 41.0 Å². The molecule has 0 rings (SSSR count). The van der Waals surface area contributed by atoms with Crippen LogP contribution in [0.4, 0.5) is 0 Å². The third-order valence-electron chi connectivity index (χ3n) is 0.707. The molecule has 0 aliphatic rings. The van der Waals surface area contributed by atoms with Gasteiger partial charge in [-0.3, -0.25) is 0 Å². The highest BCUT2D eigenvalue weighted by Gasteiger charge is 2.04. The molecule has 0 bridgehead atoms. The van der Waals surface area contributed by atoms with Crippen LogP contribution in [0, 0.1) is 0 Å². The van der Waals surface area contributed by atoms with Crippen LogP contribution in [0.25, 0.3) is 0 Å². The highest BCUT2D eigenvalue weighted by molar-refractivity contribution is 4.67. The molecule has 0 aromatic rings. The topological polar surface area (TPSA) is 12.0 Å². The maximum absolute atomic E-state index is 3.28. The second-order valence-electron chi connectivity index (χ2n) is 3.49. The van der Waals surface area contributed by atoms with Crippen LogP contribution in [0.3, 0.4) is 0 Å². The van der Waals surface area contributed by atoms with E-state index in [0.29, 0.717) is 5.54 Å². The SMILES string of the molecule is CC.CCC.CCNC(C)(C)C. The fourth-order valence-electron chi connectivity index (χ4n) is 0.530. The molecule has 0 saturated heterocycles. The Hall–Kier alpha value is -0.0400. The third kappa shape index (κ3) is 51.0. The van der Waals surface area contributed by atoms with Crippen LogP contribution in [0.2, 0.25) is 0 Å². The van der Waals surface area contributed by atoms with E-state index in [1.165, 1.54) is 6.42 Å². The number of hydrogen-bond donors (Lipinski definition) is 1. The van der Waals surface area contributed by atoms with Crippen LogP contribution < -0.4 is 5.32 Å². The highest BCUT2D eigenvalue weighted by atomic mass is 14.9. The smallest absolute Gasteiger partial charge is 0.00963 e. The zero-order chi connectivity index (χ0) is 10.6. The summed E-state index contributed by atoms with van der Waals surface area (Å²) in [5.74, 6) is 0. The van der Waals surface area contributed by atoms with Gasteiger partial charge in [0.05, 0.1) is 0 Å². The Kier molecular flexibility index (Phi) is 20.2. The summed E-state index contributed by atoms with van der Waals surface area (Å²) in [7, 11) is 0. The van der Waals surface area contributed by atoms with Gasteiger partial charge in [0, 0.05) is 5.54 Å². The van der Waals surface area contributed by atoms with Crippen molar-refractivity contribution in [3.05, 3.63) is 0 Å². The third-order valence-corrected chi connectivity index (χ3v) is 0.707. The van der Waals surface area contributed by atoms with Crippen molar-refractivity contribution in [3.63, 3.8) is 0 Å². The van der Waals surface area contributed by atoms with Gasteiger partial charge in [0.1, 0.15) is 0 Å². The van der Waals surface area contributed by atoms with Crippen LogP contribution >= 0.6 is 0 Å². The molecule has 1 N–H and O–H groups in total. The van der Waals surface area contributed by atoms with E-state index in [9.17, 15) is 0 Å². The van der Waals surface area contributed by atoms with Gasteiger partial charge in [0.25, 0.3) is 0 Å². The largest absolute Gasteiger partial charge is 0.312 e. The van der Waals surface area contributed by atoms with E-state index in [4.69, 9.17) is 0 Å². The normalized spacial score (nSPS) is 9.00. The summed E-state index contributed by atoms with van der Waals surface area (Å²) in [6, 6.07) is 0. The van der Waals surface area contributed by atoms with E-state index in [0.717, 1.165) is 6.54 Å². The molecule has 0 unspecified atom stereocenters. The molecule has 0 aliphatic carbocycles. The van der Waals surface area contributed by atoms with Crippen molar-refractivity contribution in [2.24, 2.45) is 0 Å². The first-order valence-electron chi connectivity index (χ1n) is 5.22. The summed E-state index contributed by atoms with van der Waals surface area (Å²) in [5.41, 5.74) is 0.300. The van der Waals surface area contributed by atoms with Crippen LogP contribution in [-0.2, 0) is 0 Å². The maximum Gasteiger partial charge on any atom is 0.00963 e. The molecule has 0 atom stereocenters. The number of hydrogen-bond acceptors (Lipinski definition) is 1. The lowest BCUT2D eigenvalue weighted by molar-refractivity contribution is 0.439. The van der Waals surface area contributed by atoms with Crippen LogP contribution in [-0.4, -0.2) is 12.1 Å². The average Bonchev–Trinajstić information content (AvgIpc) is 1.91. The standard InChI is InChI=1S/C6H15N.C3H8.C2H6/c1-5-7-6(2,3)4;1-3-2;1-2/h7H,5H2,1-4H3;3H2,1-2H3;1-2H3. The Morgan fingerprint density at radius 2 is 1.17 bits per heavy atom. The minimum Gasteiger partial charge on any atom is -0.312 e. The minimum absolute atomic E-state index is 0.300. The minimum atomic E-state index is 0.300. The van der Waals surface area contributed by atoms with Crippen LogP contribution in [0.15, 0.2) is 0 Å². The molecule has 0 heterocycles. The Morgan fingerprint density at radius 3 is 1.17 bits per heavy atom. The van der Waals surface area contributed by atoms with E-state index in [1.54, 1.807) is 0 Å². The van der Waals surface area contributed by atoms with Crippen LogP contribution in [0.1, 0.15) is 61.8 Å². The zero-order valence-electron chi connectivity index (χ0n) is 10.4. The van der Waals surface area contributed by atoms with E-state index >= 15 is 0 Å². The maximum atomic E-state index is 3.28. The van der Waals surface area contributed by atoms with Crippen molar-refractivity contribution >= 4 is 0 Å². The summed E-state index contributed by atoms with van der Waals surface area (Å²) < 4.78 is 0. The molecule has 0 aliphatic heterocycles. The van der Waals surface area contributed by atoms with Crippen molar-refractivity contribution in [3.8, 4) is 0 Å². The predicted octanol–water partition coefficient (Wildman–Crippen LogP) is 3.84. The second kappa shape index (κ2) is 13.5. The molecule has 0 spiro atoms. The van der Waals surface area contributed by atoms with Gasteiger partial charge < -0.3 is 5.32 Å². The molecule has 0 radical (unpaired) electrons. The molecule has 0 aromatic carbocycles. The zero-order valence-corrected chi connectivity index (χ0v) is 10.4. The van der Waals surface area contributed by atoms with Crippen molar-refractivity contribution in [1.29, 1.82) is 0 Å². The van der Waals surface area contributed by atoms with Crippen molar-refractivity contribution in [1.82, 2.24) is 5.32 Å². The predicted molar refractivity (Wildman–Crippen MR) is 60.7 cm³/mol. The van der Waals surface area contributed by atoms with Crippen LogP contribution in [0.5, 0.6) is 0 Å². The van der Waals surface area contributed by atoms with Gasteiger partial charge in [0.15, 0.2) is 0 Å². The Labute approximate surface area is 80.0 Å². The molecule has 0 saturated carbocycles. The molecule has 12 heavy (non-hydrogen) atoms. The average molecular weight is 175 g/mol. The lowest BCUT2D eigenvalue weighted by Gasteiger charge is -2.18. The van der Waals surface area contributed by atoms with Gasteiger partial charge in [-0.25, -0.2) is 0 Å². The Balaban J connectivity index is -0.000000137. The second-order valence-corrected chi connectivity index (χ2v) is 3.49. The van der Waals surface area contributed by atoms with E-state index in [-0.39, 0.29) is 0 Å². The summed E-state index contributed by atoms with van der Waals surface area (Å²) in [6.45, 7) is 17.9. The van der Waals surface area contributed by atoms with E-state index < -0.39 is 0 Å². The summed E-state index contributed by atoms with van der Waals surface area (Å²) in [6.07, 6.45) is 1.25. The molecule has 78 valence electrons. The fourth-order valence-corrected chi connectivity index (χ4v) is 0.530. The summed E-state index contributed by atoms with van der Waals surface area (Å²) in [4.78, 5) is 0. The van der Waals surface area contributed by atoms with E-state index in [1.807, 2.05) is 13.8 Å². The lowest BCUT2D eigenvalue weighted by atomic mass is 10.1. The Bertz CT molecular complexity index is 52.5. The van der Waals surface area contributed by atoms with Gasteiger partial charge in [-0.2, -0.15) is 0 Å². The number of rotatable bonds is 1. The molecular formula is C11H29N. The summed E-state index contributed by atoms with van der Waals surface area (Å²) >= 11 is 0. The number of nitrogens with one attached hydrogen (secondary N) is 1. The first-order valence-corrected chi connectivity index (χ1v) is 5.22. The molecule has 1 heteroatoms. The van der Waals surface area contributed by atoms with E-state index in [2.05, 4.69) is 46.9 Å². The monoisotopic (exact) mass is 175 g/mol. The quantitative estimate of drug-likeness (QED) is 0.638. The summed E-state index contributed by atoms with van der Waals surface area (Å²) in [5, 5.41) is 3.28. The first-order chi connectivity index (χ1) is 5.47. The fraction of sp³-hybridized carbons (Fsp3) is 1.00. The Morgan fingerprint density at radius 1 is 0.917 bits per heavy atom.